The van der Waals surface area contributed by atoms with Gasteiger partial charge in [0.2, 0.25) is 0 Å². The van der Waals surface area contributed by atoms with E-state index in [2.05, 4.69) is 10.6 Å². The van der Waals surface area contributed by atoms with Gasteiger partial charge in [-0.1, -0.05) is 19.1 Å². The summed E-state index contributed by atoms with van der Waals surface area (Å²) >= 11 is 0. The summed E-state index contributed by atoms with van der Waals surface area (Å²) in [6.45, 7) is 3.72. The monoisotopic (exact) mass is 282 g/mol. The van der Waals surface area contributed by atoms with Gasteiger partial charge in [-0.25, -0.2) is 8.42 Å². The molecule has 1 aliphatic heterocycles. The fourth-order valence-corrected chi connectivity index (χ4v) is 3.95. The molecular formula is C14H22N2O2S. The summed E-state index contributed by atoms with van der Waals surface area (Å²) in [5.74, 6) is 0.202. The van der Waals surface area contributed by atoms with Gasteiger partial charge in [-0.05, 0) is 37.9 Å². The van der Waals surface area contributed by atoms with Gasteiger partial charge in [0.25, 0.3) is 0 Å². The molecule has 1 heterocycles. The molecule has 1 aliphatic rings. The molecule has 1 aromatic carbocycles. The van der Waals surface area contributed by atoms with Crippen LogP contribution in [0.15, 0.2) is 29.2 Å². The Kier molecular flexibility index (Phi) is 4.82. The summed E-state index contributed by atoms with van der Waals surface area (Å²) in [6.07, 6.45) is 2.99. The molecule has 4 nitrogen and oxygen atoms in total. The fourth-order valence-electron chi connectivity index (χ4n) is 2.43. The molecule has 2 N–H and O–H groups in total. The molecule has 0 radical (unpaired) electrons. The molecule has 1 atom stereocenters. The molecule has 1 saturated heterocycles. The summed E-state index contributed by atoms with van der Waals surface area (Å²) in [6, 6.07) is 7.63. The SMILES string of the molecule is CCCS(=O)(=O)c1ccccc1NCC1CCCN1. The van der Waals surface area contributed by atoms with E-state index in [0.717, 1.165) is 25.2 Å². The summed E-state index contributed by atoms with van der Waals surface area (Å²) in [5.41, 5.74) is 0.727. The molecular weight excluding hydrogens is 260 g/mol. The maximum Gasteiger partial charge on any atom is 0.180 e. The highest BCUT2D eigenvalue weighted by Crippen LogP contribution is 2.22. The Morgan fingerprint density at radius 1 is 1.37 bits per heavy atom. The number of rotatable bonds is 6. The first-order chi connectivity index (χ1) is 9.13. The van der Waals surface area contributed by atoms with E-state index in [9.17, 15) is 8.42 Å². The molecule has 0 amide bonds. The van der Waals surface area contributed by atoms with E-state index >= 15 is 0 Å². The van der Waals surface area contributed by atoms with E-state index in [1.165, 1.54) is 6.42 Å². The Bertz CT molecular complexity index is 508. The maximum atomic E-state index is 12.2. The van der Waals surface area contributed by atoms with E-state index in [1.54, 1.807) is 12.1 Å². The molecule has 2 rings (SSSR count). The van der Waals surface area contributed by atoms with Gasteiger partial charge in [-0.2, -0.15) is 0 Å². The van der Waals surface area contributed by atoms with Crippen molar-refractivity contribution in [3.05, 3.63) is 24.3 Å². The van der Waals surface area contributed by atoms with Crippen molar-refractivity contribution < 1.29 is 8.42 Å². The molecule has 5 heteroatoms. The van der Waals surface area contributed by atoms with Crippen molar-refractivity contribution >= 4 is 15.5 Å². The molecule has 1 aromatic rings. The van der Waals surface area contributed by atoms with Crippen molar-refractivity contribution in [3.63, 3.8) is 0 Å². The lowest BCUT2D eigenvalue weighted by Crippen LogP contribution is -2.29. The van der Waals surface area contributed by atoms with Gasteiger partial charge in [0.15, 0.2) is 9.84 Å². The van der Waals surface area contributed by atoms with Gasteiger partial charge in [-0.3, -0.25) is 0 Å². The highest BCUT2D eigenvalue weighted by Gasteiger charge is 2.19. The number of para-hydroxylation sites is 1. The Balaban J connectivity index is 2.11. The second-order valence-corrected chi connectivity index (χ2v) is 7.07. The Morgan fingerprint density at radius 3 is 2.84 bits per heavy atom. The molecule has 106 valence electrons. The Labute approximate surface area is 115 Å². The standard InChI is InChI=1S/C14H22N2O2S/c1-2-10-19(17,18)14-8-4-3-7-13(14)16-11-12-6-5-9-15-12/h3-4,7-8,12,15-16H,2,5-6,9-11H2,1H3. The van der Waals surface area contributed by atoms with E-state index in [-0.39, 0.29) is 5.75 Å². The van der Waals surface area contributed by atoms with Gasteiger partial charge in [0.05, 0.1) is 16.3 Å². The molecule has 0 aliphatic carbocycles. The predicted molar refractivity (Wildman–Crippen MR) is 78.3 cm³/mol. The van der Waals surface area contributed by atoms with Crippen LogP contribution in [0.1, 0.15) is 26.2 Å². The third kappa shape index (κ3) is 3.70. The van der Waals surface area contributed by atoms with Crippen LogP contribution < -0.4 is 10.6 Å². The maximum absolute atomic E-state index is 12.2. The van der Waals surface area contributed by atoms with Crippen LogP contribution >= 0.6 is 0 Å². The van der Waals surface area contributed by atoms with E-state index in [0.29, 0.717) is 17.4 Å². The van der Waals surface area contributed by atoms with Crippen molar-refractivity contribution in [1.29, 1.82) is 0 Å². The summed E-state index contributed by atoms with van der Waals surface area (Å²) in [7, 11) is -3.17. The summed E-state index contributed by atoms with van der Waals surface area (Å²) in [4.78, 5) is 0.426. The number of benzene rings is 1. The van der Waals surface area contributed by atoms with E-state index in [1.807, 2.05) is 19.1 Å². The van der Waals surface area contributed by atoms with Crippen molar-refractivity contribution in [3.8, 4) is 0 Å². The third-order valence-corrected chi connectivity index (χ3v) is 5.37. The van der Waals surface area contributed by atoms with Crippen LogP contribution in [0.2, 0.25) is 0 Å². The largest absolute Gasteiger partial charge is 0.382 e. The van der Waals surface area contributed by atoms with Gasteiger partial charge in [-0.15, -0.1) is 0 Å². The quantitative estimate of drug-likeness (QED) is 0.838. The van der Waals surface area contributed by atoms with Crippen LogP contribution in [0.5, 0.6) is 0 Å². The lowest BCUT2D eigenvalue weighted by molar-refractivity contribution is 0.594. The smallest absolute Gasteiger partial charge is 0.180 e. The Morgan fingerprint density at radius 2 is 2.16 bits per heavy atom. The lowest BCUT2D eigenvalue weighted by atomic mass is 10.2. The lowest BCUT2D eigenvalue weighted by Gasteiger charge is -2.15. The van der Waals surface area contributed by atoms with Gasteiger partial charge >= 0.3 is 0 Å². The van der Waals surface area contributed by atoms with E-state index < -0.39 is 9.84 Å². The first-order valence-corrected chi connectivity index (χ1v) is 8.58. The minimum absolute atomic E-state index is 0.202. The second-order valence-electron chi connectivity index (χ2n) is 4.99. The molecule has 1 fully saturated rings. The average Bonchev–Trinajstić information content (AvgIpc) is 2.90. The number of nitrogens with one attached hydrogen (secondary N) is 2. The van der Waals surface area contributed by atoms with Crippen LogP contribution in [0.3, 0.4) is 0 Å². The van der Waals surface area contributed by atoms with Crippen LogP contribution in [0.25, 0.3) is 0 Å². The zero-order valence-corrected chi connectivity index (χ0v) is 12.2. The normalized spacial score (nSPS) is 19.5. The number of anilines is 1. The van der Waals surface area contributed by atoms with Crippen molar-refractivity contribution in [1.82, 2.24) is 5.32 Å². The van der Waals surface area contributed by atoms with Crippen LogP contribution in [-0.4, -0.2) is 33.3 Å². The zero-order valence-electron chi connectivity index (χ0n) is 11.4. The van der Waals surface area contributed by atoms with Crippen LogP contribution in [0.4, 0.5) is 5.69 Å². The third-order valence-electron chi connectivity index (χ3n) is 3.40. The minimum atomic E-state index is -3.17. The number of sulfone groups is 1. The van der Waals surface area contributed by atoms with E-state index in [4.69, 9.17) is 0 Å². The minimum Gasteiger partial charge on any atom is -0.382 e. The van der Waals surface area contributed by atoms with Crippen molar-refractivity contribution in [2.45, 2.75) is 37.1 Å². The Hall–Kier alpha value is -1.07. The zero-order chi connectivity index (χ0) is 13.7. The second kappa shape index (κ2) is 6.39. The van der Waals surface area contributed by atoms with Crippen molar-refractivity contribution in [2.24, 2.45) is 0 Å². The molecule has 0 spiro atoms. The van der Waals surface area contributed by atoms with Crippen LogP contribution in [0, 0.1) is 0 Å². The fraction of sp³-hybridized carbons (Fsp3) is 0.571. The molecule has 1 unspecified atom stereocenters. The van der Waals surface area contributed by atoms with Gasteiger partial charge in [0.1, 0.15) is 0 Å². The van der Waals surface area contributed by atoms with Gasteiger partial charge in [0, 0.05) is 12.6 Å². The molecule has 19 heavy (non-hydrogen) atoms. The predicted octanol–water partition coefficient (Wildman–Crippen LogP) is 2.03. The highest BCUT2D eigenvalue weighted by atomic mass is 32.2. The van der Waals surface area contributed by atoms with Crippen molar-refractivity contribution in [2.75, 3.05) is 24.2 Å². The average molecular weight is 282 g/mol. The molecule has 0 aromatic heterocycles. The van der Waals surface area contributed by atoms with Crippen LogP contribution in [-0.2, 0) is 9.84 Å². The first-order valence-electron chi connectivity index (χ1n) is 6.92. The summed E-state index contributed by atoms with van der Waals surface area (Å²) in [5, 5.41) is 6.68. The van der Waals surface area contributed by atoms with Gasteiger partial charge < -0.3 is 10.6 Å². The molecule has 0 bridgehead atoms. The number of hydrogen-bond acceptors (Lipinski definition) is 4. The molecule has 0 saturated carbocycles. The topological polar surface area (TPSA) is 58.2 Å². The number of hydrogen-bond donors (Lipinski definition) is 2. The summed E-state index contributed by atoms with van der Waals surface area (Å²) < 4.78 is 24.4. The first kappa shape index (κ1) is 14.3. The highest BCUT2D eigenvalue weighted by molar-refractivity contribution is 7.91.